The van der Waals surface area contributed by atoms with Gasteiger partial charge < -0.3 is 35.0 Å². The number of rotatable bonds is 12. The fraction of sp³-hybridized carbons (Fsp3) is 0.229. The maximum atomic E-state index is 13.7. The molecule has 5 aromatic rings. The van der Waals surface area contributed by atoms with E-state index in [9.17, 15) is 19.5 Å². The van der Waals surface area contributed by atoms with Gasteiger partial charge in [-0.25, -0.2) is 9.78 Å². The highest BCUT2D eigenvalue weighted by atomic mass is 16.5. The number of esters is 1. The number of aromatic nitrogens is 3. The van der Waals surface area contributed by atoms with Crippen molar-refractivity contribution >= 4 is 48.1 Å². The Morgan fingerprint density at radius 1 is 1.02 bits per heavy atom. The van der Waals surface area contributed by atoms with Gasteiger partial charge in [-0.3, -0.25) is 9.59 Å². The number of carbonyl (C=O) groups is 3. The Balaban J connectivity index is 1.40. The van der Waals surface area contributed by atoms with Gasteiger partial charge in [0.05, 0.1) is 12.9 Å². The number of hydrogen-bond donors (Lipinski definition) is 3. The Kier molecular flexibility index (Phi) is 9.89. The minimum atomic E-state index is -1.52. The Hall–Kier alpha value is -5.65. The third kappa shape index (κ3) is 7.78. The number of nitrogens with zero attached hydrogens (tertiary/aromatic N) is 3. The number of aromatic amines is 1. The van der Waals surface area contributed by atoms with Crippen molar-refractivity contribution in [1.29, 1.82) is 0 Å². The zero-order chi connectivity index (χ0) is 33.6. The molecule has 1 unspecified atom stereocenters. The van der Waals surface area contributed by atoms with Crippen LogP contribution in [0.5, 0.6) is 0 Å². The number of fused-ring (bicyclic) bond motifs is 1. The SMILES string of the molecule is [B]C([O-])=NC(C)(C)C(=O)N[C@H](Cc1c[nH]c2ccccc12)C(=O)Nc1cn(C(C(=O)OCC)c2ccc(-c3ccccc3)cc2)cn1. The lowest BCUT2D eigenvalue weighted by molar-refractivity contribution is -0.208. The predicted octanol–water partition coefficient (Wildman–Crippen LogP) is 3.51. The summed E-state index contributed by atoms with van der Waals surface area (Å²) in [4.78, 5) is 51.3. The number of anilines is 1. The standard InChI is InChI=1S/C35H35BN6O5/c1-4-47-32(44)30(24-16-14-23(15-17-24)22-10-6-5-7-11-22)42-20-29(38-21-42)40-31(43)28(39-33(45)35(2,3)41-34(36)46)18-25-19-37-27-13-9-8-12-26(25)27/h5-17,19-21,28,30,37H,4,18H2,1-3H3,(H,39,45)(H,40,43)(H,41,46)/p-1/t28-,30?/m1/s1. The lowest BCUT2D eigenvalue weighted by atomic mass is 10.00. The van der Waals surface area contributed by atoms with E-state index in [0.717, 1.165) is 27.6 Å². The quantitative estimate of drug-likeness (QED) is 0.0831. The molecule has 0 aliphatic rings. The molecular formula is C35H34BN6O5-. The lowest BCUT2D eigenvalue weighted by Gasteiger charge is -2.26. The molecule has 0 saturated carbocycles. The average molecular weight is 630 g/mol. The number of carbonyl (C=O) groups excluding carboxylic acids is 3. The predicted molar refractivity (Wildman–Crippen MR) is 179 cm³/mol. The average Bonchev–Trinajstić information content (AvgIpc) is 3.68. The largest absolute Gasteiger partial charge is 0.870 e. The number of para-hydroxylation sites is 1. The van der Waals surface area contributed by atoms with Gasteiger partial charge in [0.15, 0.2) is 11.9 Å². The maximum absolute atomic E-state index is 13.7. The lowest BCUT2D eigenvalue weighted by Crippen LogP contribution is -2.52. The van der Waals surface area contributed by atoms with Gasteiger partial charge in [0.2, 0.25) is 11.8 Å². The number of benzene rings is 3. The van der Waals surface area contributed by atoms with Crippen LogP contribution in [0.25, 0.3) is 22.0 Å². The van der Waals surface area contributed by atoms with Crippen molar-refractivity contribution in [2.45, 2.75) is 44.8 Å². The second-order valence-electron chi connectivity index (χ2n) is 11.4. The van der Waals surface area contributed by atoms with Crippen LogP contribution < -0.4 is 15.7 Å². The summed E-state index contributed by atoms with van der Waals surface area (Å²) in [7, 11) is 5.21. The summed E-state index contributed by atoms with van der Waals surface area (Å²) in [6.45, 7) is 4.77. The third-order valence-corrected chi connectivity index (χ3v) is 7.66. The number of amides is 2. The van der Waals surface area contributed by atoms with E-state index in [1.807, 2.05) is 78.9 Å². The molecule has 3 aromatic carbocycles. The van der Waals surface area contributed by atoms with Gasteiger partial charge in [0.1, 0.15) is 19.4 Å². The highest BCUT2D eigenvalue weighted by Gasteiger charge is 2.32. The van der Waals surface area contributed by atoms with Crippen molar-refractivity contribution in [1.82, 2.24) is 19.9 Å². The van der Waals surface area contributed by atoms with Crippen molar-refractivity contribution in [3.8, 4) is 11.1 Å². The van der Waals surface area contributed by atoms with Crippen molar-refractivity contribution in [3.05, 3.63) is 109 Å². The molecule has 0 spiro atoms. The van der Waals surface area contributed by atoms with E-state index in [2.05, 4.69) is 25.6 Å². The first-order valence-electron chi connectivity index (χ1n) is 15.1. The van der Waals surface area contributed by atoms with E-state index in [-0.39, 0.29) is 18.8 Å². The number of H-pyrrole nitrogens is 1. The van der Waals surface area contributed by atoms with Crippen LogP contribution in [0.15, 0.2) is 103 Å². The molecule has 3 N–H and O–H groups in total. The van der Waals surface area contributed by atoms with Crippen LogP contribution in [0.3, 0.4) is 0 Å². The molecular weight excluding hydrogens is 595 g/mol. The van der Waals surface area contributed by atoms with Crippen LogP contribution >= 0.6 is 0 Å². The summed E-state index contributed by atoms with van der Waals surface area (Å²) in [6, 6.07) is 23.1. The smallest absolute Gasteiger partial charge is 0.333 e. The van der Waals surface area contributed by atoms with Crippen molar-refractivity contribution < 1.29 is 24.2 Å². The number of imidazole rings is 1. The highest BCUT2D eigenvalue weighted by molar-refractivity contribution is 6.55. The summed E-state index contributed by atoms with van der Waals surface area (Å²) in [5.41, 5.74) is 2.85. The molecule has 11 nitrogen and oxygen atoms in total. The van der Waals surface area contributed by atoms with Crippen LogP contribution in [-0.4, -0.2) is 64.1 Å². The molecule has 0 aliphatic heterocycles. The molecule has 2 radical (unpaired) electrons. The van der Waals surface area contributed by atoms with Crippen molar-refractivity contribution in [2.24, 2.45) is 4.99 Å². The molecule has 0 aliphatic carbocycles. The molecule has 238 valence electrons. The molecule has 2 amide bonds. The van der Waals surface area contributed by atoms with E-state index in [1.54, 1.807) is 17.7 Å². The number of hydrogen-bond acceptors (Lipinski definition) is 7. The second kappa shape index (κ2) is 14.2. The summed E-state index contributed by atoms with van der Waals surface area (Å²) >= 11 is 0. The van der Waals surface area contributed by atoms with Crippen LogP contribution in [-0.2, 0) is 25.5 Å². The molecule has 5 rings (SSSR count). The van der Waals surface area contributed by atoms with Gasteiger partial charge in [-0.2, -0.15) is 0 Å². The first kappa shape index (κ1) is 32.7. The molecule has 2 atom stereocenters. The van der Waals surface area contributed by atoms with Crippen molar-refractivity contribution in [3.63, 3.8) is 0 Å². The zero-order valence-electron chi connectivity index (χ0n) is 26.3. The van der Waals surface area contributed by atoms with Gasteiger partial charge in [-0.1, -0.05) is 78.6 Å². The first-order valence-corrected chi connectivity index (χ1v) is 15.1. The van der Waals surface area contributed by atoms with Gasteiger partial charge >= 0.3 is 5.97 Å². The van der Waals surface area contributed by atoms with Gasteiger partial charge in [-0.15, -0.1) is 0 Å². The topological polar surface area (TPSA) is 154 Å². The summed E-state index contributed by atoms with van der Waals surface area (Å²) in [6.07, 6.45) is 4.86. The van der Waals surface area contributed by atoms with E-state index in [4.69, 9.17) is 12.6 Å². The normalized spacial score (nSPS) is 13.1. The maximum Gasteiger partial charge on any atom is 0.333 e. The molecule has 2 heterocycles. The fourth-order valence-electron chi connectivity index (χ4n) is 5.29. The Morgan fingerprint density at radius 3 is 2.40 bits per heavy atom. The van der Waals surface area contributed by atoms with Gasteiger partial charge in [0.25, 0.3) is 0 Å². The van der Waals surface area contributed by atoms with Gasteiger partial charge in [-0.05, 0) is 49.1 Å². The van der Waals surface area contributed by atoms with Crippen molar-refractivity contribution in [2.75, 3.05) is 11.9 Å². The van der Waals surface area contributed by atoms with Crippen LogP contribution in [0, 0.1) is 0 Å². The van der Waals surface area contributed by atoms with Crippen LogP contribution in [0.4, 0.5) is 5.82 Å². The minimum Gasteiger partial charge on any atom is -0.870 e. The van der Waals surface area contributed by atoms with Gasteiger partial charge in [0, 0.05) is 29.7 Å². The Labute approximate surface area is 273 Å². The third-order valence-electron chi connectivity index (χ3n) is 7.66. The summed E-state index contributed by atoms with van der Waals surface area (Å²) < 4.78 is 6.95. The van der Waals surface area contributed by atoms with E-state index in [1.165, 1.54) is 26.4 Å². The number of ether oxygens (including phenoxy) is 1. The van der Waals surface area contributed by atoms with Crippen LogP contribution in [0.2, 0.25) is 0 Å². The summed E-state index contributed by atoms with van der Waals surface area (Å²) in [5, 5.41) is 17.8. The molecule has 0 saturated heterocycles. The monoisotopic (exact) mass is 629 g/mol. The fourth-order valence-corrected chi connectivity index (χ4v) is 5.29. The van der Waals surface area contributed by atoms with Crippen LogP contribution in [0.1, 0.15) is 37.9 Å². The number of aliphatic imine (C=N–C) groups is 1. The Bertz CT molecular complexity index is 1890. The minimum absolute atomic E-state index is 0.119. The molecule has 12 heteroatoms. The Morgan fingerprint density at radius 2 is 1.70 bits per heavy atom. The summed E-state index contributed by atoms with van der Waals surface area (Å²) in [5.74, 6) is -2.56. The second-order valence-corrected chi connectivity index (χ2v) is 11.4. The molecule has 0 fully saturated rings. The molecule has 0 bridgehead atoms. The van der Waals surface area contributed by atoms with E-state index < -0.39 is 41.2 Å². The molecule has 47 heavy (non-hydrogen) atoms. The molecule has 2 aromatic heterocycles. The highest BCUT2D eigenvalue weighted by Crippen LogP contribution is 2.26. The van der Waals surface area contributed by atoms with E-state index in [0.29, 0.717) is 5.56 Å². The number of nitrogens with one attached hydrogen (secondary N) is 3. The van der Waals surface area contributed by atoms with E-state index >= 15 is 0 Å². The zero-order valence-corrected chi connectivity index (χ0v) is 26.3. The first-order chi connectivity index (χ1) is 22.6.